The van der Waals surface area contributed by atoms with Crippen LogP contribution in [0.4, 0.5) is 0 Å². The number of rotatable bonds is 2. The molecule has 0 bridgehead atoms. The molecule has 4 nitrogen and oxygen atoms in total. The highest BCUT2D eigenvalue weighted by atomic mass is 15.0. The second kappa shape index (κ2) is 4.71. The Hall–Kier alpha value is -2.62. The van der Waals surface area contributed by atoms with Gasteiger partial charge in [-0.25, -0.2) is 9.97 Å². The van der Waals surface area contributed by atoms with Gasteiger partial charge in [-0.2, -0.15) is 0 Å². The molecule has 3 aromatic rings. The fourth-order valence-corrected chi connectivity index (χ4v) is 1.70. The van der Waals surface area contributed by atoms with Gasteiger partial charge in [0.05, 0.1) is 12.7 Å². The highest BCUT2D eigenvalue weighted by Crippen LogP contribution is 1.85. The molecule has 0 spiro atoms. The van der Waals surface area contributed by atoms with Crippen LogP contribution in [-0.4, -0.2) is 19.1 Å². The average molecular weight is 236 g/mol. The molecule has 0 unspecified atom stereocenters. The lowest BCUT2D eigenvalue weighted by Crippen LogP contribution is -2.09. The third-order valence-corrected chi connectivity index (χ3v) is 2.58. The van der Waals surface area contributed by atoms with Crippen LogP contribution in [0.25, 0.3) is 12.4 Å². The summed E-state index contributed by atoms with van der Waals surface area (Å²) in [6.45, 7) is 0. The minimum Gasteiger partial charge on any atom is -0.313 e. The summed E-state index contributed by atoms with van der Waals surface area (Å²) in [4.78, 5) is 8.00. The molecule has 0 aliphatic carbocycles. The van der Waals surface area contributed by atoms with Crippen LogP contribution in [0.3, 0.4) is 0 Å². The predicted molar refractivity (Wildman–Crippen MR) is 69.9 cm³/mol. The van der Waals surface area contributed by atoms with E-state index in [0.717, 1.165) is 10.4 Å². The molecule has 2 heterocycles. The maximum Gasteiger partial charge on any atom is 0.0986 e. The van der Waals surface area contributed by atoms with E-state index in [1.54, 1.807) is 25.0 Å². The monoisotopic (exact) mass is 236 g/mol. The van der Waals surface area contributed by atoms with Crippen LogP contribution < -0.4 is 10.4 Å². The Kier molecular flexibility index (Phi) is 2.75. The summed E-state index contributed by atoms with van der Waals surface area (Å²) < 4.78 is 3.85. The van der Waals surface area contributed by atoms with Gasteiger partial charge in [0.2, 0.25) is 0 Å². The Balaban J connectivity index is 1.94. The molecule has 0 fully saturated rings. The molecule has 0 saturated heterocycles. The largest absolute Gasteiger partial charge is 0.313 e. The highest BCUT2D eigenvalue weighted by molar-refractivity contribution is 5.29. The van der Waals surface area contributed by atoms with Gasteiger partial charge in [0.1, 0.15) is 0 Å². The molecule has 1 aromatic carbocycles. The zero-order valence-electron chi connectivity index (χ0n) is 9.72. The maximum absolute atomic E-state index is 4.00. The van der Waals surface area contributed by atoms with Crippen molar-refractivity contribution in [2.24, 2.45) is 0 Å². The molecule has 3 rings (SSSR count). The molecule has 88 valence electrons. The molecule has 0 N–H and O–H groups in total. The van der Waals surface area contributed by atoms with Crippen LogP contribution in [0.5, 0.6) is 0 Å². The fourth-order valence-electron chi connectivity index (χ4n) is 1.70. The Morgan fingerprint density at radius 1 is 0.722 bits per heavy atom. The highest BCUT2D eigenvalue weighted by Gasteiger charge is 1.85. The molecular weight excluding hydrogens is 224 g/mol. The summed E-state index contributed by atoms with van der Waals surface area (Å²) in [7, 11) is 0. The van der Waals surface area contributed by atoms with E-state index in [2.05, 4.69) is 34.2 Å². The minimum atomic E-state index is 1.13. The van der Waals surface area contributed by atoms with Crippen LogP contribution in [0.15, 0.2) is 61.7 Å². The molecule has 0 atom stereocenters. The van der Waals surface area contributed by atoms with E-state index in [9.17, 15) is 0 Å². The summed E-state index contributed by atoms with van der Waals surface area (Å²) in [5, 5.41) is 2.27. The quantitative estimate of drug-likeness (QED) is 0.655. The lowest BCUT2D eigenvalue weighted by atomic mass is 10.2. The molecule has 0 aliphatic rings. The Bertz CT molecular complexity index is 636. The maximum atomic E-state index is 4.00. The summed E-state index contributed by atoms with van der Waals surface area (Å²) in [6, 6.07) is 8.29. The first-order chi connectivity index (χ1) is 8.90. The summed E-state index contributed by atoms with van der Waals surface area (Å²) in [6.07, 6.45) is 14.9. The van der Waals surface area contributed by atoms with Gasteiger partial charge in [-0.15, -0.1) is 0 Å². The third kappa shape index (κ3) is 2.38. The fraction of sp³-hybridized carbons (Fsp3) is 0. The number of aromatic nitrogens is 4. The molecule has 0 aliphatic heterocycles. The zero-order chi connectivity index (χ0) is 12.2. The van der Waals surface area contributed by atoms with Crippen molar-refractivity contribution < 1.29 is 0 Å². The number of imidazole rings is 2. The van der Waals surface area contributed by atoms with Crippen LogP contribution in [0.2, 0.25) is 0 Å². The van der Waals surface area contributed by atoms with Crippen molar-refractivity contribution in [1.29, 1.82) is 0 Å². The van der Waals surface area contributed by atoms with Crippen molar-refractivity contribution in [2.75, 3.05) is 0 Å². The SMILES string of the molecule is C(=c1ccc(=Cn2ccnc2)cc1)n1ccnc1. The summed E-state index contributed by atoms with van der Waals surface area (Å²) in [5.74, 6) is 0. The van der Waals surface area contributed by atoms with E-state index in [-0.39, 0.29) is 0 Å². The molecule has 0 amide bonds. The van der Waals surface area contributed by atoms with Crippen molar-refractivity contribution in [3.63, 3.8) is 0 Å². The van der Waals surface area contributed by atoms with E-state index in [0.29, 0.717) is 0 Å². The van der Waals surface area contributed by atoms with Gasteiger partial charge in [0.25, 0.3) is 0 Å². The summed E-state index contributed by atoms with van der Waals surface area (Å²) >= 11 is 0. The molecule has 2 aromatic heterocycles. The van der Waals surface area contributed by atoms with Crippen LogP contribution in [-0.2, 0) is 0 Å². The second-order valence-corrected chi connectivity index (χ2v) is 3.94. The zero-order valence-corrected chi connectivity index (χ0v) is 9.72. The van der Waals surface area contributed by atoms with Gasteiger partial charge in [-0.1, -0.05) is 24.3 Å². The third-order valence-electron chi connectivity index (χ3n) is 2.58. The molecular formula is C14H12N4. The van der Waals surface area contributed by atoms with E-state index >= 15 is 0 Å². The van der Waals surface area contributed by atoms with Crippen molar-refractivity contribution >= 4 is 12.4 Å². The van der Waals surface area contributed by atoms with Gasteiger partial charge < -0.3 is 9.13 Å². The Morgan fingerprint density at radius 3 is 1.50 bits per heavy atom. The first-order valence-electron chi connectivity index (χ1n) is 5.65. The van der Waals surface area contributed by atoms with Crippen molar-refractivity contribution in [2.45, 2.75) is 0 Å². The normalized spacial score (nSPS) is 10.2. The second-order valence-electron chi connectivity index (χ2n) is 3.94. The topological polar surface area (TPSA) is 35.6 Å². The standard InChI is InChI=1S/C14H12N4/c1-2-14(10-18-8-6-16-12-18)4-3-13(1)9-17-7-5-15-11-17/h1-12H. The average Bonchev–Trinajstić information content (AvgIpc) is 3.05. The summed E-state index contributed by atoms with van der Waals surface area (Å²) in [5.41, 5.74) is 0. The lowest BCUT2D eigenvalue weighted by Gasteiger charge is -1.93. The van der Waals surface area contributed by atoms with Gasteiger partial charge in [0.15, 0.2) is 0 Å². The van der Waals surface area contributed by atoms with E-state index in [1.165, 1.54) is 0 Å². The Morgan fingerprint density at radius 2 is 1.17 bits per heavy atom. The van der Waals surface area contributed by atoms with Crippen LogP contribution in [0.1, 0.15) is 0 Å². The molecule has 4 heteroatoms. The minimum absolute atomic E-state index is 1.13. The van der Waals surface area contributed by atoms with Gasteiger partial charge >= 0.3 is 0 Å². The van der Waals surface area contributed by atoms with Gasteiger partial charge in [-0.05, 0) is 10.4 Å². The van der Waals surface area contributed by atoms with Gasteiger partial charge in [0, 0.05) is 37.2 Å². The smallest absolute Gasteiger partial charge is 0.0986 e. The number of hydrogen-bond acceptors (Lipinski definition) is 2. The first kappa shape index (κ1) is 10.5. The van der Waals surface area contributed by atoms with Crippen molar-refractivity contribution in [1.82, 2.24) is 19.1 Å². The van der Waals surface area contributed by atoms with E-state index in [4.69, 9.17) is 0 Å². The number of hydrogen-bond donors (Lipinski definition) is 0. The van der Waals surface area contributed by atoms with Crippen LogP contribution in [0, 0.1) is 0 Å². The van der Waals surface area contributed by atoms with Crippen molar-refractivity contribution in [3.8, 4) is 0 Å². The molecule has 18 heavy (non-hydrogen) atoms. The first-order valence-corrected chi connectivity index (χ1v) is 5.65. The van der Waals surface area contributed by atoms with E-state index in [1.807, 2.05) is 33.9 Å². The molecule has 0 saturated carbocycles. The lowest BCUT2D eigenvalue weighted by molar-refractivity contribution is 1.12. The van der Waals surface area contributed by atoms with Gasteiger partial charge in [-0.3, -0.25) is 0 Å². The number of benzene rings is 1. The number of nitrogens with zero attached hydrogens (tertiary/aromatic N) is 4. The Labute approximate surface area is 104 Å². The van der Waals surface area contributed by atoms with E-state index < -0.39 is 0 Å². The molecule has 0 radical (unpaired) electrons. The predicted octanol–water partition coefficient (Wildman–Crippen LogP) is 0.652. The van der Waals surface area contributed by atoms with Crippen LogP contribution >= 0.6 is 0 Å². The van der Waals surface area contributed by atoms with Crippen molar-refractivity contribution in [3.05, 3.63) is 72.1 Å².